The van der Waals surface area contributed by atoms with Crippen LogP contribution in [0.4, 0.5) is 5.69 Å². The summed E-state index contributed by atoms with van der Waals surface area (Å²) in [6, 6.07) is 13.8. The second kappa shape index (κ2) is 9.27. The van der Waals surface area contributed by atoms with Crippen LogP contribution in [0.2, 0.25) is 0 Å². The van der Waals surface area contributed by atoms with Crippen LogP contribution in [0, 0.1) is 0 Å². The van der Waals surface area contributed by atoms with E-state index in [1.165, 1.54) is 20.3 Å². The molecule has 136 valence electrons. The molecule has 6 nitrogen and oxygen atoms in total. The van der Waals surface area contributed by atoms with E-state index in [1.807, 2.05) is 30.3 Å². The molecule has 2 amide bonds. The van der Waals surface area contributed by atoms with Gasteiger partial charge in [0.2, 0.25) is 11.8 Å². The van der Waals surface area contributed by atoms with Crippen molar-refractivity contribution < 1.29 is 19.1 Å². The Morgan fingerprint density at radius 1 is 1.00 bits per heavy atom. The fourth-order valence-electron chi connectivity index (χ4n) is 2.19. The maximum atomic E-state index is 12.3. The summed E-state index contributed by atoms with van der Waals surface area (Å²) in [5.74, 6) is 0.422. The molecule has 6 heteroatoms. The van der Waals surface area contributed by atoms with Gasteiger partial charge in [-0.25, -0.2) is 0 Å². The van der Waals surface area contributed by atoms with E-state index in [0.29, 0.717) is 17.2 Å². The molecule has 26 heavy (non-hydrogen) atoms. The van der Waals surface area contributed by atoms with E-state index in [4.69, 9.17) is 9.47 Å². The third-order valence-electron chi connectivity index (χ3n) is 3.60. The lowest BCUT2D eigenvalue weighted by atomic mass is 10.2. The van der Waals surface area contributed by atoms with Crippen LogP contribution < -0.4 is 20.1 Å². The fraction of sp³-hybridized carbons (Fsp3) is 0.200. The van der Waals surface area contributed by atoms with Gasteiger partial charge >= 0.3 is 0 Å². The Hall–Kier alpha value is -3.28. The first-order chi connectivity index (χ1) is 12.5. The smallest absolute Gasteiger partial charge is 0.246 e. The number of hydrogen-bond donors (Lipinski definition) is 2. The molecule has 1 unspecified atom stereocenters. The lowest BCUT2D eigenvalue weighted by molar-refractivity contribution is -0.123. The summed E-state index contributed by atoms with van der Waals surface area (Å²) in [6.07, 6.45) is 3.08. The van der Waals surface area contributed by atoms with Gasteiger partial charge in [-0.05, 0) is 18.6 Å². The third-order valence-corrected chi connectivity index (χ3v) is 3.60. The van der Waals surface area contributed by atoms with Gasteiger partial charge in [-0.2, -0.15) is 0 Å². The molecule has 0 saturated heterocycles. The van der Waals surface area contributed by atoms with Crippen LogP contribution in [0.3, 0.4) is 0 Å². The number of rotatable bonds is 7. The van der Waals surface area contributed by atoms with E-state index < -0.39 is 6.04 Å². The van der Waals surface area contributed by atoms with E-state index >= 15 is 0 Å². The summed E-state index contributed by atoms with van der Waals surface area (Å²) >= 11 is 0. The molecule has 2 rings (SSSR count). The van der Waals surface area contributed by atoms with Gasteiger partial charge in [-0.1, -0.05) is 30.3 Å². The molecule has 1 atom stereocenters. The molecule has 2 N–H and O–H groups in total. The molecule has 0 aliphatic heterocycles. The van der Waals surface area contributed by atoms with Gasteiger partial charge in [0, 0.05) is 30.0 Å². The highest BCUT2D eigenvalue weighted by Crippen LogP contribution is 2.25. The lowest BCUT2D eigenvalue weighted by Crippen LogP contribution is -2.40. The van der Waals surface area contributed by atoms with E-state index in [9.17, 15) is 9.59 Å². The minimum absolute atomic E-state index is 0.346. The van der Waals surface area contributed by atoms with E-state index in [-0.39, 0.29) is 11.8 Å². The van der Waals surface area contributed by atoms with Crippen molar-refractivity contribution in [1.29, 1.82) is 0 Å². The van der Waals surface area contributed by atoms with Gasteiger partial charge in [0.05, 0.1) is 14.2 Å². The lowest BCUT2D eigenvalue weighted by Gasteiger charge is -2.14. The average molecular weight is 354 g/mol. The number of amides is 2. The van der Waals surface area contributed by atoms with Crippen molar-refractivity contribution in [2.24, 2.45) is 0 Å². The Bertz CT molecular complexity index is 765. The zero-order chi connectivity index (χ0) is 18.9. The summed E-state index contributed by atoms with van der Waals surface area (Å²) in [6.45, 7) is 1.61. The number of anilines is 1. The summed E-state index contributed by atoms with van der Waals surface area (Å²) in [4.78, 5) is 24.3. The molecule has 0 spiro atoms. The van der Waals surface area contributed by atoms with E-state index in [0.717, 1.165) is 5.56 Å². The molecule has 0 bridgehead atoms. The summed E-state index contributed by atoms with van der Waals surface area (Å²) in [5.41, 5.74) is 1.43. The predicted molar refractivity (Wildman–Crippen MR) is 101 cm³/mol. The average Bonchev–Trinajstić information content (AvgIpc) is 2.66. The molecule has 0 heterocycles. The zero-order valence-corrected chi connectivity index (χ0v) is 15.0. The second-order valence-electron chi connectivity index (χ2n) is 5.56. The van der Waals surface area contributed by atoms with Crippen LogP contribution >= 0.6 is 0 Å². The molecule has 2 aromatic rings. The minimum Gasteiger partial charge on any atom is -0.497 e. The minimum atomic E-state index is -0.708. The first-order valence-corrected chi connectivity index (χ1v) is 8.09. The fourth-order valence-corrected chi connectivity index (χ4v) is 2.19. The highest BCUT2D eigenvalue weighted by molar-refractivity contribution is 6.00. The van der Waals surface area contributed by atoms with Crippen LogP contribution in [0.25, 0.3) is 6.08 Å². The van der Waals surface area contributed by atoms with Gasteiger partial charge < -0.3 is 20.1 Å². The van der Waals surface area contributed by atoms with Gasteiger partial charge in [-0.3, -0.25) is 9.59 Å². The predicted octanol–water partition coefficient (Wildman–Crippen LogP) is 2.86. The highest BCUT2D eigenvalue weighted by atomic mass is 16.5. The maximum Gasteiger partial charge on any atom is 0.246 e. The number of nitrogens with one attached hydrogen (secondary N) is 2. The Balaban J connectivity index is 1.95. The Morgan fingerprint density at radius 3 is 2.19 bits per heavy atom. The molecule has 0 fully saturated rings. The topological polar surface area (TPSA) is 76.7 Å². The van der Waals surface area contributed by atoms with Crippen molar-refractivity contribution in [3.05, 3.63) is 60.2 Å². The Kier molecular flexibility index (Phi) is 6.79. The quantitative estimate of drug-likeness (QED) is 0.750. The van der Waals surface area contributed by atoms with Crippen LogP contribution in [0.15, 0.2) is 54.6 Å². The SMILES string of the molecule is COc1cc(NC(=O)C(C)NC(=O)/C=C/c2ccccc2)cc(OC)c1. The monoisotopic (exact) mass is 354 g/mol. The molecule has 2 aromatic carbocycles. The van der Waals surface area contributed by atoms with Crippen molar-refractivity contribution in [2.45, 2.75) is 13.0 Å². The van der Waals surface area contributed by atoms with E-state index in [1.54, 1.807) is 31.2 Å². The number of carbonyl (C=O) groups is 2. The largest absolute Gasteiger partial charge is 0.497 e. The molecule has 0 aliphatic rings. The van der Waals surface area contributed by atoms with Crippen molar-refractivity contribution >= 4 is 23.6 Å². The third kappa shape index (κ3) is 5.66. The zero-order valence-electron chi connectivity index (χ0n) is 15.0. The molecule has 0 aromatic heterocycles. The molecule has 0 radical (unpaired) electrons. The van der Waals surface area contributed by atoms with Crippen molar-refractivity contribution in [3.63, 3.8) is 0 Å². The Labute approximate surface area is 152 Å². The summed E-state index contributed by atoms with van der Waals surface area (Å²) in [7, 11) is 3.06. The number of methoxy groups -OCH3 is 2. The maximum absolute atomic E-state index is 12.3. The van der Waals surface area contributed by atoms with Crippen molar-refractivity contribution in [2.75, 3.05) is 19.5 Å². The molecule has 0 aliphatic carbocycles. The molecular weight excluding hydrogens is 332 g/mol. The van der Waals surface area contributed by atoms with Crippen LogP contribution in [0.5, 0.6) is 11.5 Å². The van der Waals surface area contributed by atoms with Gasteiger partial charge in [0.15, 0.2) is 0 Å². The number of ether oxygens (including phenoxy) is 2. The van der Waals surface area contributed by atoms with Crippen molar-refractivity contribution in [1.82, 2.24) is 5.32 Å². The molecule has 0 saturated carbocycles. The van der Waals surface area contributed by atoms with Crippen LogP contribution in [-0.2, 0) is 9.59 Å². The van der Waals surface area contributed by atoms with Gasteiger partial charge in [-0.15, -0.1) is 0 Å². The summed E-state index contributed by atoms with van der Waals surface area (Å²) in [5, 5.41) is 5.36. The van der Waals surface area contributed by atoms with Gasteiger partial charge in [0.25, 0.3) is 0 Å². The second-order valence-corrected chi connectivity index (χ2v) is 5.56. The Morgan fingerprint density at radius 2 is 1.62 bits per heavy atom. The van der Waals surface area contributed by atoms with E-state index in [2.05, 4.69) is 10.6 Å². The standard InChI is InChI=1S/C20H22N2O4/c1-14(21-19(23)10-9-15-7-5-4-6-8-15)20(24)22-16-11-17(25-2)13-18(12-16)26-3/h4-14H,1-3H3,(H,21,23)(H,22,24)/b10-9+. The summed E-state index contributed by atoms with van der Waals surface area (Å²) < 4.78 is 10.3. The van der Waals surface area contributed by atoms with Gasteiger partial charge in [0.1, 0.15) is 17.5 Å². The first-order valence-electron chi connectivity index (χ1n) is 8.09. The van der Waals surface area contributed by atoms with Crippen LogP contribution in [-0.4, -0.2) is 32.1 Å². The number of carbonyl (C=O) groups excluding carboxylic acids is 2. The number of hydrogen-bond acceptors (Lipinski definition) is 4. The first kappa shape index (κ1) is 19.1. The van der Waals surface area contributed by atoms with Crippen molar-refractivity contribution in [3.8, 4) is 11.5 Å². The molecular formula is C20H22N2O4. The van der Waals surface area contributed by atoms with Crippen LogP contribution in [0.1, 0.15) is 12.5 Å². The highest BCUT2D eigenvalue weighted by Gasteiger charge is 2.15. The normalized spacial score (nSPS) is 11.7. The number of benzene rings is 2.